The molecule has 1 aromatic carbocycles. The molecule has 2 aromatic rings. The summed E-state index contributed by atoms with van der Waals surface area (Å²) in [6, 6.07) is 11.0. The number of aromatic nitrogens is 1. The van der Waals surface area contributed by atoms with Crippen LogP contribution in [0, 0.1) is 0 Å². The largest absolute Gasteiger partial charge is 0.489 e. The van der Waals surface area contributed by atoms with E-state index in [4.69, 9.17) is 4.74 Å². The fourth-order valence-electron chi connectivity index (χ4n) is 1.82. The van der Waals surface area contributed by atoms with Crippen LogP contribution in [0.25, 0.3) is 0 Å². The van der Waals surface area contributed by atoms with Gasteiger partial charge in [-0.1, -0.05) is 6.92 Å². The number of nitrogens with one attached hydrogen (secondary N) is 1. The predicted octanol–water partition coefficient (Wildman–Crippen LogP) is 3.58. The number of hydrogen-bond donors (Lipinski definition) is 1. The lowest BCUT2D eigenvalue weighted by Crippen LogP contribution is -2.42. The first-order valence-electron chi connectivity index (χ1n) is 7.44. The smallest absolute Gasteiger partial charge is 0.251 e. The van der Waals surface area contributed by atoms with E-state index in [9.17, 15) is 4.79 Å². The van der Waals surface area contributed by atoms with Gasteiger partial charge in [0.05, 0.1) is 0 Å². The molecule has 116 valence electrons. The van der Waals surface area contributed by atoms with Gasteiger partial charge in [0, 0.05) is 23.5 Å². The Bertz CT molecular complexity index is 607. The van der Waals surface area contributed by atoms with Crippen molar-refractivity contribution in [2.45, 2.75) is 39.3 Å². The van der Waals surface area contributed by atoms with E-state index in [0.717, 1.165) is 17.7 Å². The molecule has 0 aliphatic carbocycles. The number of rotatable bonds is 6. The van der Waals surface area contributed by atoms with Crippen LogP contribution in [0.5, 0.6) is 5.75 Å². The lowest BCUT2D eigenvalue weighted by molar-refractivity contribution is 0.0911. The van der Waals surface area contributed by atoms with E-state index in [1.54, 1.807) is 24.5 Å². The van der Waals surface area contributed by atoms with Crippen molar-refractivity contribution in [3.05, 3.63) is 59.9 Å². The first-order valence-corrected chi connectivity index (χ1v) is 7.44. The zero-order chi connectivity index (χ0) is 16.0. The van der Waals surface area contributed by atoms with Gasteiger partial charge < -0.3 is 10.1 Å². The minimum atomic E-state index is -0.201. The van der Waals surface area contributed by atoms with E-state index in [1.165, 1.54) is 0 Å². The van der Waals surface area contributed by atoms with Crippen LogP contribution in [0.4, 0.5) is 0 Å². The molecule has 0 aliphatic heterocycles. The number of hydrogen-bond acceptors (Lipinski definition) is 3. The molecule has 0 fully saturated rings. The molecular weight excluding hydrogens is 276 g/mol. The van der Waals surface area contributed by atoms with Gasteiger partial charge in [-0.15, -0.1) is 0 Å². The first-order chi connectivity index (χ1) is 10.5. The van der Waals surface area contributed by atoms with Crippen LogP contribution in [0.2, 0.25) is 0 Å². The minimum Gasteiger partial charge on any atom is -0.489 e. The molecule has 0 saturated heterocycles. The topological polar surface area (TPSA) is 51.2 Å². The van der Waals surface area contributed by atoms with Crippen LogP contribution < -0.4 is 10.1 Å². The molecule has 1 N–H and O–H groups in total. The van der Waals surface area contributed by atoms with Gasteiger partial charge in [-0.3, -0.25) is 9.78 Å². The Balaban J connectivity index is 1.94. The summed E-state index contributed by atoms with van der Waals surface area (Å²) in [6.45, 7) is 6.56. The summed E-state index contributed by atoms with van der Waals surface area (Å²) < 4.78 is 5.69. The van der Waals surface area contributed by atoms with E-state index in [1.807, 2.05) is 38.1 Å². The van der Waals surface area contributed by atoms with Gasteiger partial charge in [0.15, 0.2) is 0 Å². The van der Waals surface area contributed by atoms with Crippen molar-refractivity contribution in [3.63, 3.8) is 0 Å². The number of ether oxygens (including phenoxy) is 1. The summed E-state index contributed by atoms with van der Waals surface area (Å²) >= 11 is 0. The summed E-state index contributed by atoms with van der Waals surface area (Å²) in [4.78, 5) is 16.1. The Labute approximate surface area is 131 Å². The molecule has 0 spiro atoms. The second kappa shape index (κ2) is 7.07. The van der Waals surface area contributed by atoms with Crippen molar-refractivity contribution in [3.8, 4) is 5.75 Å². The number of benzene rings is 1. The van der Waals surface area contributed by atoms with Crippen molar-refractivity contribution >= 4 is 5.91 Å². The van der Waals surface area contributed by atoms with Crippen molar-refractivity contribution in [2.24, 2.45) is 0 Å². The summed E-state index contributed by atoms with van der Waals surface area (Å²) in [6.07, 6.45) is 4.36. The lowest BCUT2D eigenvalue weighted by Gasteiger charge is -2.24. The van der Waals surface area contributed by atoms with Crippen LogP contribution >= 0.6 is 0 Å². The highest BCUT2D eigenvalue weighted by atomic mass is 16.5. The van der Waals surface area contributed by atoms with Gasteiger partial charge in [-0.05, 0) is 62.2 Å². The maximum Gasteiger partial charge on any atom is 0.251 e. The number of pyridine rings is 1. The van der Waals surface area contributed by atoms with E-state index in [0.29, 0.717) is 12.2 Å². The Morgan fingerprint density at radius 3 is 2.36 bits per heavy atom. The Kier molecular flexibility index (Phi) is 5.15. The third-order valence-electron chi connectivity index (χ3n) is 3.61. The number of carbonyl (C=O) groups is 1. The van der Waals surface area contributed by atoms with E-state index < -0.39 is 0 Å². The Morgan fingerprint density at radius 2 is 1.77 bits per heavy atom. The molecule has 0 atom stereocenters. The van der Waals surface area contributed by atoms with Crippen LogP contribution in [0.15, 0.2) is 48.8 Å². The van der Waals surface area contributed by atoms with Crippen molar-refractivity contribution < 1.29 is 9.53 Å². The third kappa shape index (κ3) is 4.58. The molecule has 22 heavy (non-hydrogen) atoms. The molecule has 1 aromatic heterocycles. The molecule has 1 amide bonds. The number of amides is 1. The van der Waals surface area contributed by atoms with Crippen molar-refractivity contribution in [1.82, 2.24) is 10.3 Å². The summed E-state index contributed by atoms with van der Waals surface area (Å²) in [5, 5.41) is 3.01. The first kappa shape index (κ1) is 16.0. The van der Waals surface area contributed by atoms with Gasteiger partial charge in [0.2, 0.25) is 0 Å². The molecular formula is C18H22N2O2. The fraction of sp³-hybridized carbons (Fsp3) is 0.333. The zero-order valence-electron chi connectivity index (χ0n) is 13.3. The molecule has 4 nitrogen and oxygen atoms in total. The highest BCUT2D eigenvalue weighted by Gasteiger charge is 2.18. The maximum absolute atomic E-state index is 12.2. The SMILES string of the molecule is CCC(C)(C)NC(=O)c1ccc(OCc2ccncc2)cc1. The maximum atomic E-state index is 12.2. The summed E-state index contributed by atoms with van der Waals surface area (Å²) in [7, 11) is 0. The number of nitrogens with zero attached hydrogens (tertiary/aromatic N) is 1. The van der Waals surface area contributed by atoms with E-state index in [2.05, 4.69) is 17.2 Å². The summed E-state index contributed by atoms with van der Waals surface area (Å²) in [5.74, 6) is 0.677. The van der Waals surface area contributed by atoms with Gasteiger partial charge in [-0.25, -0.2) is 0 Å². The monoisotopic (exact) mass is 298 g/mol. The minimum absolute atomic E-state index is 0.0625. The quantitative estimate of drug-likeness (QED) is 0.887. The van der Waals surface area contributed by atoms with Gasteiger partial charge >= 0.3 is 0 Å². The fourth-order valence-corrected chi connectivity index (χ4v) is 1.82. The lowest BCUT2D eigenvalue weighted by atomic mass is 10.0. The summed E-state index contributed by atoms with van der Waals surface area (Å²) in [5.41, 5.74) is 1.49. The number of carbonyl (C=O) groups excluding carboxylic acids is 1. The van der Waals surface area contributed by atoms with Gasteiger partial charge in [-0.2, -0.15) is 0 Å². The second-order valence-corrected chi connectivity index (χ2v) is 5.86. The van der Waals surface area contributed by atoms with Crippen molar-refractivity contribution in [2.75, 3.05) is 0 Å². The molecule has 0 bridgehead atoms. The predicted molar refractivity (Wildman–Crippen MR) is 86.8 cm³/mol. The normalized spacial score (nSPS) is 11.0. The third-order valence-corrected chi connectivity index (χ3v) is 3.61. The second-order valence-electron chi connectivity index (χ2n) is 5.86. The molecule has 0 saturated carbocycles. The van der Waals surface area contributed by atoms with Gasteiger partial charge in [0.1, 0.15) is 12.4 Å². The molecule has 4 heteroatoms. The Morgan fingerprint density at radius 1 is 1.14 bits per heavy atom. The highest BCUT2D eigenvalue weighted by Crippen LogP contribution is 2.15. The van der Waals surface area contributed by atoms with Gasteiger partial charge in [0.25, 0.3) is 5.91 Å². The molecule has 0 unspecified atom stereocenters. The van der Waals surface area contributed by atoms with Crippen LogP contribution in [0.1, 0.15) is 43.1 Å². The molecule has 1 heterocycles. The van der Waals surface area contributed by atoms with E-state index >= 15 is 0 Å². The zero-order valence-corrected chi connectivity index (χ0v) is 13.3. The molecule has 0 radical (unpaired) electrons. The van der Waals surface area contributed by atoms with Crippen LogP contribution in [-0.2, 0) is 6.61 Å². The Hall–Kier alpha value is -2.36. The standard InChI is InChI=1S/C18H22N2O2/c1-4-18(2,3)20-17(21)15-5-7-16(8-6-15)22-13-14-9-11-19-12-10-14/h5-12H,4,13H2,1-3H3,(H,20,21). The molecule has 0 aliphatic rings. The van der Waals surface area contributed by atoms with Crippen LogP contribution in [0.3, 0.4) is 0 Å². The average Bonchev–Trinajstić information content (AvgIpc) is 2.54. The molecule has 2 rings (SSSR count). The van der Waals surface area contributed by atoms with E-state index in [-0.39, 0.29) is 11.4 Å². The van der Waals surface area contributed by atoms with Crippen molar-refractivity contribution in [1.29, 1.82) is 0 Å². The van der Waals surface area contributed by atoms with Crippen LogP contribution in [-0.4, -0.2) is 16.4 Å². The average molecular weight is 298 g/mol. The highest BCUT2D eigenvalue weighted by molar-refractivity contribution is 5.94.